The molecule has 0 aliphatic carbocycles. The molecule has 2 aliphatic rings. The molecule has 520 valence electrons. The molecule has 0 spiro atoms. The van der Waals surface area contributed by atoms with Crippen LogP contribution in [0, 0.1) is 13.8 Å². The number of carbonyl (C=O) groups is 9. The van der Waals surface area contributed by atoms with Crippen molar-refractivity contribution in [3.05, 3.63) is 82.0 Å². The molecule has 1 unspecified atom stereocenters. The van der Waals surface area contributed by atoms with Crippen molar-refractivity contribution >= 4 is 69.3 Å². The van der Waals surface area contributed by atoms with Gasteiger partial charge in [0.2, 0.25) is 33.7 Å². The lowest BCUT2D eigenvalue weighted by molar-refractivity contribution is -0.140. The third-order valence-electron chi connectivity index (χ3n) is 15.3. The number of aliphatic carboxylic acids is 4. The molecule has 1 saturated heterocycles. The van der Waals surface area contributed by atoms with Crippen molar-refractivity contribution in [2.75, 3.05) is 156 Å². The summed E-state index contributed by atoms with van der Waals surface area (Å²) >= 11 is 0. The summed E-state index contributed by atoms with van der Waals surface area (Å²) in [6, 6.07) is 11.4. The van der Waals surface area contributed by atoms with E-state index < -0.39 is 76.2 Å². The molecular formula is C62H93N13O18S. The number of hydrogen-bond acceptors (Lipinski definition) is 21. The number of pyridine rings is 1. The number of aryl methyl sites for hydroxylation is 5. The lowest BCUT2D eigenvalue weighted by Gasteiger charge is -2.33. The number of nitrogens with two attached hydrogens (primary N) is 1. The van der Waals surface area contributed by atoms with Crippen LogP contribution in [0.1, 0.15) is 76.8 Å². The van der Waals surface area contributed by atoms with Gasteiger partial charge in [-0.25, -0.2) is 13.4 Å². The number of ether oxygens (including phenoxy) is 3. The number of aromatic nitrogens is 1. The maximum atomic E-state index is 13.6. The average Bonchev–Trinajstić information content (AvgIpc) is 0.796. The van der Waals surface area contributed by atoms with Crippen LogP contribution in [0.25, 0.3) is 0 Å². The third kappa shape index (κ3) is 29.1. The molecule has 94 heavy (non-hydrogen) atoms. The van der Waals surface area contributed by atoms with Crippen molar-refractivity contribution in [3.63, 3.8) is 0 Å². The quantitative estimate of drug-likeness (QED) is 0.0292. The Bertz CT molecular complexity index is 3050. The predicted octanol–water partition coefficient (Wildman–Crippen LogP) is -1.37. The van der Waals surface area contributed by atoms with Gasteiger partial charge in [-0.15, -0.1) is 0 Å². The second-order valence-corrected chi connectivity index (χ2v) is 24.6. The molecule has 5 rings (SSSR count). The van der Waals surface area contributed by atoms with Crippen molar-refractivity contribution in [1.82, 2.24) is 55.9 Å². The van der Waals surface area contributed by atoms with Crippen LogP contribution in [0.5, 0.6) is 5.75 Å². The molecule has 3 heterocycles. The largest absolute Gasteiger partial charge is 0.494 e. The topological polar surface area (TPSA) is 432 Å². The number of hydrogen-bond donors (Lipinski definition) is 12. The molecule has 5 amide bonds. The molecule has 32 heteroatoms. The van der Waals surface area contributed by atoms with Gasteiger partial charge in [0.15, 0.2) is 0 Å². The number of fused-ring (bicyclic) bond motifs is 1. The number of carboxylic acids is 4. The minimum Gasteiger partial charge on any atom is -0.494 e. The first-order valence-corrected chi connectivity index (χ1v) is 33.1. The molecule has 31 nitrogen and oxygen atoms in total. The van der Waals surface area contributed by atoms with Gasteiger partial charge >= 0.3 is 23.9 Å². The monoisotopic (exact) mass is 1340 g/mol. The Balaban J connectivity index is 0.927. The third-order valence-corrected chi connectivity index (χ3v) is 17.1. The lowest BCUT2D eigenvalue weighted by atomic mass is 10.0. The van der Waals surface area contributed by atoms with E-state index in [-0.39, 0.29) is 172 Å². The molecule has 0 bridgehead atoms. The Morgan fingerprint density at radius 2 is 1.22 bits per heavy atom. The van der Waals surface area contributed by atoms with Gasteiger partial charge in [0.25, 0.3) is 5.91 Å². The van der Waals surface area contributed by atoms with Gasteiger partial charge in [-0.2, -0.15) is 4.72 Å². The second kappa shape index (κ2) is 41.0. The number of anilines is 1. The second-order valence-electron chi connectivity index (χ2n) is 22.9. The van der Waals surface area contributed by atoms with Gasteiger partial charge < -0.3 is 72.3 Å². The summed E-state index contributed by atoms with van der Waals surface area (Å²) in [5.74, 6) is -5.69. The van der Waals surface area contributed by atoms with E-state index >= 15 is 0 Å². The van der Waals surface area contributed by atoms with Gasteiger partial charge in [-0.1, -0.05) is 18.2 Å². The zero-order chi connectivity index (χ0) is 68.4. The molecule has 2 aliphatic heterocycles. The van der Waals surface area contributed by atoms with E-state index in [2.05, 4.69) is 42.7 Å². The average molecular weight is 1340 g/mol. The van der Waals surface area contributed by atoms with E-state index in [1.54, 1.807) is 31.7 Å². The van der Waals surface area contributed by atoms with E-state index in [1.807, 2.05) is 18.2 Å². The first kappa shape index (κ1) is 76.8. The number of nitrogens with one attached hydrogen (secondary N) is 7. The highest BCUT2D eigenvalue weighted by molar-refractivity contribution is 7.89. The van der Waals surface area contributed by atoms with Gasteiger partial charge in [0.05, 0.1) is 57.5 Å². The number of amides is 5. The number of carbonyl (C=O) groups excluding carboxylic acids is 5. The number of nitrogens with zero attached hydrogens (tertiary/aromatic N) is 5. The number of benzene rings is 2. The fourth-order valence-electron chi connectivity index (χ4n) is 10.5. The summed E-state index contributed by atoms with van der Waals surface area (Å²) in [6.45, 7) is 4.90. The Morgan fingerprint density at radius 3 is 1.81 bits per heavy atom. The molecule has 2 aromatic carbocycles. The Kier molecular flexibility index (Phi) is 33.5. The first-order valence-electron chi connectivity index (χ1n) is 31.6. The number of rotatable bonds is 40. The minimum atomic E-state index is -4.40. The van der Waals surface area contributed by atoms with E-state index in [0.717, 1.165) is 36.5 Å². The lowest BCUT2D eigenvalue weighted by Crippen LogP contribution is -2.52. The Hall–Kier alpha value is -7.95. The minimum absolute atomic E-state index is 0.0564. The number of carboxylic acid groups (broad SMARTS) is 4. The fourth-order valence-corrected chi connectivity index (χ4v) is 12.1. The van der Waals surface area contributed by atoms with Crippen LogP contribution in [0.15, 0.2) is 53.4 Å². The SMILES string of the molecule is Cc1cc(OCCCC(=O)NCCNC(=O)COCCOCCNC(=O)C(CCCCN)NC(=O)CN2CCN(CC(=O)O)CCN(CC(=O)O)CCN(CC(=O)O)CC2)cc(C)c1S(=O)(=O)N[C@H](CNC(=O)c1ccc(CCc2ccc3c(n2)NCCC3)cc1)C(=O)O. The van der Waals surface area contributed by atoms with Gasteiger partial charge in [0.1, 0.15) is 30.3 Å². The maximum Gasteiger partial charge on any atom is 0.323 e. The van der Waals surface area contributed by atoms with Crippen LogP contribution in [-0.4, -0.2) is 270 Å². The molecule has 1 aromatic heterocycles. The zero-order valence-electron chi connectivity index (χ0n) is 53.6. The highest BCUT2D eigenvalue weighted by atomic mass is 32.2. The molecule has 1 fully saturated rings. The molecule has 3 aromatic rings. The van der Waals surface area contributed by atoms with E-state index in [1.165, 1.54) is 31.5 Å². The molecule has 2 atom stereocenters. The summed E-state index contributed by atoms with van der Waals surface area (Å²) in [4.78, 5) is 123. The van der Waals surface area contributed by atoms with E-state index in [9.17, 15) is 72.0 Å². The van der Waals surface area contributed by atoms with Crippen molar-refractivity contribution in [3.8, 4) is 5.75 Å². The Morgan fingerprint density at radius 1 is 0.638 bits per heavy atom. The molecule has 0 saturated carbocycles. The van der Waals surface area contributed by atoms with E-state index in [4.69, 9.17) is 24.9 Å². The van der Waals surface area contributed by atoms with Crippen molar-refractivity contribution in [2.24, 2.45) is 5.73 Å². The predicted molar refractivity (Wildman–Crippen MR) is 344 cm³/mol. The molecule has 13 N–H and O–H groups in total. The smallest absolute Gasteiger partial charge is 0.323 e. The summed E-state index contributed by atoms with van der Waals surface area (Å²) in [7, 11) is -4.40. The molecule has 0 radical (unpaired) electrons. The summed E-state index contributed by atoms with van der Waals surface area (Å²) in [5.41, 5.74) is 9.67. The van der Waals surface area contributed by atoms with Gasteiger partial charge in [0, 0.05) is 103 Å². The molecular weight excluding hydrogens is 1250 g/mol. The van der Waals surface area contributed by atoms with Gasteiger partial charge in [-0.05, 0) is 124 Å². The van der Waals surface area contributed by atoms with Crippen LogP contribution in [0.3, 0.4) is 0 Å². The van der Waals surface area contributed by atoms with Crippen molar-refractivity contribution in [1.29, 1.82) is 0 Å². The standard InChI is InChI=1S/C62H93N13O18S/c1-43-35-49(36-44(2)58(43)94(89,90)71-51(62(87)88)37-68-60(85)47-13-10-45(11-14-47)12-16-48-17-15-46-7-5-19-66-59(46)69-48)93-31-6-9-52(76)64-20-21-65-54(78)42-92-34-33-91-32-22-67-61(86)50(8-3-4-18-63)70-53(77)38-72-23-25-73(39-55(79)80)27-29-75(41-57(83)84)30-28-74(26-24-72)40-56(81)82/h10-11,13-15,17,35-36,50-51,71H,3-9,12,16,18-34,37-42,63H2,1-2H3,(H,64,76)(H,65,78)(H,66,69)(H,67,86)(H,68,85)(H,70,77)(H,79,80)(H,81,82)(H,83,84)(H,87,88)/t50?,51-/m1/s1. The highest BCUT2D eigenvalue weighted by Gasteiger charge is 2.30. The van der Waals surface area contributed by atoms with Gasteiger partial charge in [-0.3, -0.25) is 62.8 Å². The number of unbranched alkanes of at least 4 members (excludes halogenated alkanes) is 1. The van der Waals surface area contributed by atoms with Crippen LogP contribution in [-0.2, 0) is 77.1 Å². The maximum absolute atomic E-state index is 13.6. The summed E-state index contributed by atoms with van der Waals surface area (Å²) < 4.78 is 46.2. The number of sulfonamides is 1. The van der Waals surface area contributed by atoms with E-state index in [0.29, 0.717) is 44.4 Å². The highest BCUT2D eigenvalue weighted by Crippen LogP contribution is 2.27. The first-order chi connectivity index (χ1) is 45.0. The zero-order valence-corrected chi connectivity index (χ0v) is 54.4. The Labute approximate surface area is 547 Å². The normalized spacial score (nSPS) is 15.1. The summed E-state index contributed by atoms with van der Waals surface area (Å²) in [5, 5.41) is 55.2. The van der Waals surface area contributed by atoms with Crippen LogP contribution in [0.2, 0.25) is 0 Å². The summed E-state index contributed by atoms with van der Waals surface area (Å²) in [6.07, 6.45) is 5.31. The van der Waals surface area contributed by atoms with Crippen molar-refractivity contribution in [2.45, 2.75) is 88.6 Å². The van der Waals surface area contributed by atoms with Crippen LogP contribution >= 0.6 is 0 Å². The van der Waals surface area contributed by atoms with Crippen LogP contribution < -0.4 is 47.1 Å². The van der Waals surface area contributed by atoms with Crippen molar-refractivity contribution < 1.29 is 86.2 Å². The van der Waals surface area contributed by atoms with Crippen LogP contribution in [0.4, 0.5) is 5.82 Å². The fraction of sp³-hybridized carbons (Fsp3) is 0.581.